The van der Waals surface area contributed by atoms with Gasteiger partial charge in [0.1, 0.15) is 0 Å². The summed E-state index contributed by atoms with van der Waals surface area (Å²) in [6.45, 7) is 1.60. The summed E-state index contributed by atoms with van der Waals surface area (Å²) >= 11 is 0. The second-order valence-electron chi connectivity index (χ2n) is 4.20. The molecule has 0 saturated heterocycles. The number of carboxylic acid groups (broad SMARTS) is 1. The summed E-state index contributed by atoms with van der Waals surface area (Å²) in [4.78, 5) is 11.2. The number of hydrogen-bond acceptors (Lipinski definition) is 4. The molecule has 1 aromatic heterocycles. The zero-order valence-corrected chi connectivity index (χ0v) is 11.7. The second-order valence-corrected chi connectivity index (χ2v) is 5.83. The van der Waals surface area contributed by atoms with Gasteiger partial charge in [-0.15, -0.1) is 0 Å². The highest BCUT2D eigenvalue weighted by atomic mass is 32.2. The number of nitrogens with one attached hydrogen (secondary N) is 1. The Labute approximate surface area is 115 Å². The van der Waals surface area contributed by atoms with Crippen LogP contribution in [-0.4, -0.2) is 29.3 Å². The molecule has 0 fully saturated rings. The van der Waals surface area contributed by atoms with E-state index in [4.69, 9.17) is 0 Å². The van der Waals surface area contributed by atoms with Crippen molar-refractivity contribution in [1.82, 2.24) is 9.78 Å². The van der Waals surface area contributed by atoms with Crippen LogP contribution in [0.4, 0.5) is 5.69 Å². The minimum Gasteiger partial charge on any atom is -0.478 e. The first kappa shape index (κ1) is 14.1. The van der Waals surface area contributed by atoms with Crippen molar-refractivity contribution in [3.8, 4) is 0 Å². The van der Waals surface area contributed by atoms with E-state index in [-0.39, 0.29) is 16.3 Å². The molecule has 1 aromatic carbocycles. The van der Waals surface area contributed by atoms with Gasteiger partial charge in [0, 0.05) is 7.05 Å². The Bertz CT molecular complexity index is 765. The van der Waals surface area contributed by atoms with Crippen LogP contribution in [0.3, 0.4) is 0 Å². The van der Waals surface area contributed by atoms with Crippen molar-refractivity contribution in [2.24, 2.45) is 7.05 Å². The average Bonchev–Trinajstić information content (AvgIpc) is 2.75. The first-order valence-electron chi connectivity index (χ1n) is 5.66. The number of nitrogens with zero attached hydrogens (tertiary/aromatic N) is 2. The summed E-state index contributed by atoms with van der Waals surface area (Å²) in [5, 5.41) is 12.9. The van der Waals surface area contributed by atoms with Crippen LogP contribution in [-0.2, 0) is 17.1 Å². The summed E-state index contributed by atoms with van der Waals surface area (Å²) in [6, 6.07) is 5.93. The molecule has 0 radical (unpaired) electrons. The number of carbonyl (C=O) groups is 1. The Morgan fingerprint density at radius 3 is 2.60 bits per heavy atom. The lowest BCUT2D eigenvalue weighted by Gasteiger charge is -2.12. The molecule has 2 N–H and O–H groups in total. The molecule has 0 saturated carbocycles. The van der Waals surface area contributed by atoms with Crippen molar-refractivity contribution in [2.45, 2.75) is 11.9 Å². The number of hydrogen-bond donors (Lipinski definition) is 2. The van der Waals surface area contributed by atoms with E-state index in [9.17, 15) is 18.3 Å². The molecule has 8 heteroatoms. The third kappa shape index (κ3) is 2.50. The predicted octanol–water partition coefficient (Wildman–Crippen LogP) is 1.23. The Hall–Kier alpha value is -2.35. The number of anilines is 1. The molecule has 0 amide bonds. The third-order valence-corrected chi connectivity index (χ3v) is 4.22. The Morgan fingerprint density at radius 2 is 2.05 bits per heavy atom. The van der Waals surface area contributed by atoms with E-state index < -0.39 is 16.0 Å². The maximum absolute atomic E-state index is 12.2. The topological polar surface area (TPSA) is 101 Å². The van der Waals surface area contributed by atoms with Crippen LogP contribution in [0, 0.1) is 6.92 Å². The monoisotopic (exact) mass is 295 g/mol. The Kier molecular flexibility index (Phi) is 3.49. The molecule has 0 spiro atoms. The first-order chi connectivity index (χ1) is 9.33. The van der Waals surface area contributed by atoms with Gasteiger partial charge in [-0.2, -0.15) is 13.5 Å². The van der Waals surface area contributed by atoms with E-state index in [0.717, 1.165) is 0 Å². The van der Waals surface area contributed by atoms with E-state index >= 15 is 0 Å². The summed E-state index contributed by atoms with van der Waals surface area (Å²) in [6.07, 6.45) is 1.35. The fourth-order valence-corrected chi connectivity index (χ4v) is 3.06. The van der Waals surface area contributed by atoms with Crippen molar-refractivity contribution >= 4 is 21.7 Å². The Morgan fingerprint density at radius 1 is 1.35 bits per heavy atom. The van der Waals surface area contributed by atoms with Crippen molar-refractivity contribution < 1.29 is 18.3 Å². The highest BCUT2D eigenvalue weighted by Crippen LogP contribution is 2.22. The van der Waals surface area contributed by atoms with Crippen molar-refractivity contribution in [1.29, 1.82) is 0 Å². The lowest BCUT2D eigenvalue weighted by atomic mass is 10.1. The normalized spacial score (nSPS) is 11.3. The number of carboxylic acids is 1. The molecule has 0 aliphatic carbocycles. The molecule has 2 rings (SSSR count). The van der Waals surface area contributed by atoms with E-state index in [0.29, 0.717) is 5.56 Å². The largest absolute Gasteiger partial charge is 0.478 e. The van der Waals surface area contributed by atoms with Gasteiger partial charge in [-0.05, 0) is 24.6 Å². The quantitative estimate of drug-likeness (QED) is 0.883. The molecule has 0 aliphatic rings. The maximum atomic E-state index is 12.2. The fraction of sp³-hybridized carbons (Fsp3) is 0.167. The molecular weight excluding hydrogens is 282 g/mol. The van der Waals surface area contributed by atoms with Gasteiger partial charge in [-0.1, -0.05) is 12.1 Å². The predicted molar refractivity (Wildman–Crippen MR) is 72.2 cm³/mol. The number of benzene rings is 1. The zero-order chi connectivity index (χ0) is 14.9. The molecule has 20 heavy (non-hydrogen) atoms. The number of aromatic carboxylic acids is 1. The lowest BCUT2D eigenvalue weighted by Crippen LogP contribution is -2.18. The number of sulfonamides is 1. The lowest BCUT2D eigenvalue weighted by molar-refractivity contribution is 0.0697. The number of rotatable bonds is 4. The SMILES string of the molecule is Cc1cccc(NS(=O)(=O)c2ccnn2C)c1C(=O)O. The van der Waals surface area contributed by atoms with Crippen LogP contribution in [0.15, 0.2) is 35.5 Å². The van der Waals surface area contributed by atoms with E-state index in [1.807, 2.05) is 0 Å². The van der Waals surface area contributed by atoms with Gasteiger partial charge < -0.3 is 5.11 Å². The molecule has 7 nitrogen and oxygen atoms in total. The van der Waals surface area contributed by atoms with Gasteiger partial charge in [-0.3, -0.25) is 9.40 Å². The van der Waals surface area contributed by atoms with Crippen molar-refractivity contribution in [3.63, 3.8) is 0 Å². The second kappa shape index (κ2) is 4.97. The molecular formula is C12H13N3O4S. The molecule has 0 unspecified atom stereocenters. The van der Waals surface area contributed by atoms with Crippen LogP contribution in [0.5, 0.6) is 0 Å². The van der Waals surface area contributed by atoms with Crippen LogP contribution in [0.25, 0.3) is 0 Å². The van der Waals surface area contributed by atoms with Crippen LogP contribution >= 0.6 is 0 Å². The van der Waals surface area contributed by atoms with Crippen molar-refractivity contribution in [2.75, 3.05) is 4.72 Å². The van der Waals surface area contributed by atoms with Crippen LogP contribution < -0.4 is 4.72 Å². The fourth-order valence-electron chi connectivity index (χ4n) is 1.86. The van der Waals surface area contributed by atoms with E-state index in [1.54, 1.807) is 19.1 Å². The summed E-state index contributed by atoms with van der Waals surface area (Å²) in [7, 11) is -2.40. The summed E-state index contributed by atoms with van der Waals surface area (Å²) in [5.41, 5.74) is 0.430. The molecule has 0 atom stereocenters. The number of aromatic nitrogens is 2. The van der Waals surface area contributed by atoms with Gasteiger partial charge in [0.25, 0.3) is 10.0 Å². The van der Waals surface area contributed by atoms with Crippen LogP contribution in [0.1, 0.15) is 15.9 Å². The summed E-state index contributed by atoms with van der Waals surface area (Å²) in [5.74, 6) is -1.19. The molecule has 0 bridgehead atoms. The minimum absolute atomic E-state index is 0.0266. The van der Waals surface area contributed by atoms with Crippen molar-refractivity contribution in [3.05, 3.63) is 41.6 Å². The molecule has 2 aromatic rings. The van der Waals surface area contributed by atoms with Crippen LogP contribution in [0.2, 0.25) is 0 Å². The Balaban J connectivity index is 2.48. The standard InChI is InChI=1S/C12H13N3O4S/c1-8-4-3-5-9(11(8)12(16)17)14-20(18,19)10-6-7-13-15(10)2/h3-7,14H,1-2H3,(H,16,17). The average molecular weight is 295 g/mol. The third-order valence-electron chi connectivity index (χ3n) is 2.78. The minimum atomic E-state index is -3.89. The van der Waals surface area contributed by atoms with Gasteiger partial charge in [-0.25, -0.2) is 4.79 Å². The highest BCUT2D eigenvalue weighted by Gasteiger charge is 2.22. The molecule has 106 valence electrons. The zero-order valence-electron chi connectivity index (χ0n) is 10.9. The molecule has 0 aliphatic heterocycles. The van der Waals surface area contributed by atoms with Gasteiger partial charge in [0.05, 0.1) is 17.4 Å². The highest BCUT2D eigenvalue weighted by molar-refractivity contribution is 7.92. The maximum Gasteiger partial charge on any atom is 0.338 e. The summed E-state index contributed by atoms with van der Waals surface area (Å²) < 4.78 is 27.9. The first-order valence-corrected chi connectivity index (χ1v) is 7.15. The number of aryl methyl sites for hydroxylation is 2. The molecule has 1 heterocycles. The van der Waals surface area contributed by atoms with E-state index in [1.165, 1.54) is 30.1 Å². The smallest absolute Gasteiger partial charge is 0.338 e. The van der Waals surface area contributed by atoms with Gasteiger partial charge in [0.2, 0.25) is 0 Å². The van der Waals surface area contributed by atoms with E-state index in [2.05, 4.69) is 9.82 Å². The van der Waals surface area contributed by atoms with Gasteiger partial charge >= 0.3 is 5.97 Å². The van der Waals surface area contributed by atoms with Gasteiger partial charge in [0.15, 0.2) is 5.03 Å².